The minimum Gasteiger partial charge on any atom is -0.490 e. The van der Waals surface area contributed by atoms with Gasteiger partial charge in [-0.1, -0.05) is 64.5 Å². The quantitative estimate of drug-likeness (QED) is 0.373. The highest BCUT2D eigenvalue weighted by atomic mass is 79.9. The van der Waals surface area contributed by atoms with Crippen molar-refractivity contribution in [2.45, 2.75) is 20.5 Å². The molecule has 0 aromatic heterocycles. The molecule has 0 atom stereocenters. The Bertz CT molecular complexity index is 1120. The van der Waals surface area contributed by atoms with Crippen molar-refractivity contribution in [2.75, 3.05) is 18.1 Å². The maximum Gasteiger partial charge on any atom is 0.258 e. The number of anilines is 1. The average Bonchev–Trinajstić information content (AvgIpc) is 3.06. The Labute approximate surface area is 191 Å². The van der Waals surface area contributed by atoms with Crippen molar-refractivity contribution in [3.05, 3.63) is 87.9 Å². The molecule has 0 unspecified atom stereocenters. The number of hydrogen-bond donors (Lipinski definition) is 0. The molecule has 1 heterocycles. The van der Waals surface area contributed by atoms with Crippen molar-refractivity contribution < 1.29 is 14.3 Å². The second-order valence-corrected chi connectivity index (χ2v) is 8.01. The summed E-state index contributed by atoms with van der Waals surface area (Å²) < 4.78 is 12.7. The van der Waals surface area contributed by atoms with Crippen LogP contribution in [0.5, 0.6) is 11.5 Å². The second-order valence-electron chi connectivity index (χ2n) is 7.15. The second kappa shape index (κ2) is 9.40. The normalized spacial score (nSPS) is 14.1. The topological polar surface area (TPSA) is 38.8 Å². The van der Waals surface area contributed by atoms with Gasteiger partial charge in [0.05, 0.1) is 12.3 Å². The number of rotatable bonds is 7. The Morgan fingerprint density at radius 1 is 0.935 bits per heavy atom. The van der Waals surface area contributed by atoms with Crippen molar-refractivity contribution in [1.82, 2.24) is 0 Å². The molecule has 0 N–H and O–H groups in total. The molecule has 4 rings (SSSR count). The molecule has 0 spiro atoms. The summed E-state index contributed by atoms with van der Waals surface area (Å²) >= 11 is 3.65. The van der Waals surface area contributed by atoms with Crippen LogP contribution in [0.15, 0.2) is 71.2 Å². The Morgan fingerprint density at radius 3 is 2.39 bits per heavy atom. The van der Waals surface area contributed by atoms with Crippen molar-refractivity contribution in [3.63, 3.8) is 0 Å². The van der Waals surface area contributed by atoms with Crippen LogP contribution in [0.3, 0.4) is 0 Å². The predicted molar refractivity (Wildman–Crippen MR) is 128 cm³/mol. The molecule has 1 amide bonds. The Hall–Kier alpha value is -3.05. The SMILES string of the molecule is CCOc1cc(/C=C2\C(=O)N(CC)c3ccccc32)c(Br)cc1OCc1ccccc1. The molecule has 5 heteroatoms. The zero-order valence-electron chi connectivity index (χ0n) is 17.6. The van der Waals surface area contributed by atoms with Crippen LogP contribution in [0.1, 0.15) is 30.5 Å². The Morgan fingerprint density at radius 2 is 1.65 bits per heavy atom. The van der Waals surface area contributed by atoms with E-state index in [1.54, 1.807) is 4.90 Å². The van der Waals surface area contributed by atoms with E-state index in [4.69, 9.17) is 9.47 Å². The third-order valence-electron chi connectivity index (χ3n) is 5.18. The summed E-state index contributed by atoms with van der Waals surface area (Å²) in [6, 6.07) is 21.7. The number of carbonyl (C=O) groups is 1. The zero-order valence-corrected chi connectivity index (χ0v) is 19.2. The fourth-order valence-corrected chi connectivity index (χ4v) is 4.13. The number of carbonyl (C=O) groups excluding carboxylic acids is 1. The third kappa shape index (κ3) is 4.37. The van der Waals surface area contributed by atoms with Gasteiger partial charge in [-0.25, -0.2) is 0 Å². The molecule has 0 fully saturated rings. The number of ether oxygens (including phenoxy) is 2. The Kier molecular flexibility index (Phi) is 6.42. The van der Waals surface area contributed by atoms with Crippen LogP contribution in [0.25, 0.3) is 11.6 Å². The highest BCUT2D eigenvalue weighted by molar-refractivity contribution is 9.10. The summed E-state index contributed by atoms with van der Waals surface area (Å²) in [5.74, 6) is 1.32. The van der Waals surface area contributed by atoms with Gasteiger partial charge in [0.25, 0.3) is 5.91 Å². The van der Waals surface area contributed by atoms with Gasteiger partial charge in [-0.05, 0) is 49.2 Å². The first-order chi connectivity index (χ1) is 15.1. The van der Waals surface area contributed by atoms with E-state index in [2.05, 4.69) is 15.9 Å². The third-order valence-corrected chi connectivity index (χ3v) is 5.86. The van der Waals surface area contributed by atoms with E-state index in [0.29, 0.717) is 36.8 Å². The summed E-state index contributed by atoms with van der Waals surface area (Å²) in [4.78, 5) is 14.8. The molecular weight excluding hydrogens is 454 g/mol. The molecule has 1 aliphatic heterocycles. The molecule has 3 aromatic carbocycles. The number of likely N-dealkylation sites (N-methyl/N-ethyl adjacent to an activating group) is 1. The summed E-state index contributed by atoms with van der Waals surface area (Å²) in [5, 5.41) is 0. The zero-order chi connectivity index (χ0) is 21.8. The minimum absolute atomic E-state index is 0.0120. The van der Waals surface area contributed by atoms with E-state index in [9.17, 15) is 4.79 Å². The lowest BCUT2D eigenvalue weighted by Crippen LogP contribution is -2.25. The van der Waals surface area contributed by atoms with Crippen molar-refractivity contribution >= 4 is 39.2 Å². The fourth-order valence-electron chi connectivity index (χ4n) is 3.69. The van der Waals surface area contributed by atoms with Gasteiger partial charge in [0.2, 0.25) is 0 Å². The summed E-state index contributed by atoms with van der Waals surface area (Å²) in [7, 11) is 0. The van der Waals surface area contributed by atoms with Gasteiger partial charge in [0, 0.05) is 22.2 Å². The van der Waals surface area contributed by atoms with Crippen LogP contribution in [-0.2, 0) is 11.4 Å². The van der Waals surface area contributed by atoms with Crippen LogP contribution < -0.4 is 14.4 Å². The fraction of sp³-hybridized carbons (Fsp3) is 0.192. The first-order valence-electron chi connectivity index (χ1n) is 10.4. The number of nitrogens with zero attached hydrogens (tertiary/aromatic N) is 1. The smallest absolute Gasteiger partial charge is 0.258 e. The van der Waals surface area contributed by atoms with E-state index in [-0.39, 0.29) is 5.91 Å². The van der Waals surface area contributed by atoms with Gasteiger partial charge >= 0.3 is 0 Å². The lowest BCUT2D eigenvalue weighted by atomic mass is 10.0. The number of para-hydroxylation sites is 1. The van der Waals surface area contributed by atoms with Gasteiger partial charge in [0.15, 0.2) is 11.5 Å². The first kappa shape index (κ1) is 21.2. The molecule has 158 valence electrons. The van der Waals surface area contributed by atoms with Crippen LogP contribution in [0.2, 0.25) is 0 Å². The lowest BCUT2D eigenvalue weighted by Gasteiger charge is -2.15. The van der Waals surface area contributed by atoms with E-state index >= 15 is 0 Å². The molecule has 0 saturated heterocycles. The molecule has 3 aromatic rings. The van der Waals surface area contributed by atoms with Gasteiger partial charge in [-0.3, -0.25) is 4.79 Å². The summed E-state index contributed by atoms with van der Waals surface area (Å²) in [6.07, 6.45) is 1.92. The summed E-state index contributed by atoms with van der Waals surface area (Å²) in [6.45, 7) is 5.53. The Balaban J connectivity index is 1.69. The standard InChI is InChI=1S/C26H24BrNO3/c1-3-28-23-13-9-8-12-20(23)21(26(28)29)14-19-15-24(30-4-2)25(16-22(19)27)31-17-18-10-6-5-7-11-18/h5-16H,3-4,17H2,1-2H3/b21-14-. The van der Waals surface area contributed by atoms with Crippen LogP contribution in [0, 0.1) is 0 Å². The molecule has 0 bridgehead atoms. The van der Waals surface area contributed by atoms with E-state index in [0.717, 1.165) is 26.9 Å². The van der Waals surface area contributed by atoms with E-state index in [1.165, 1.54) is 0 Å². The van der Waals surface area contributed by atoms with Gasteiger partial charge in [0.1, 0.15) is 6.61 Å². The van der Waals surface area contributed by atoms with Gasteiger partial charge in [-0.2, -0.15) is 0 Å². The maximum atomic E-state index is 13.0. The lowest BCUT2D eigenvalue weighted by molar-refractivity contribution is -0.112. The predicted octanol–water partition coefficient (Wildman–Crippen LogP) is 6.33. The monoisotopic (exact) mass is 477 g/mol. The minimum atomic E-state index is 0.0120. The molecule has 0 radical (unpaired) electrons. The highest BCUT2D eigenvalue weighted by Crippen LogP contribution is 2.40. The molecule has 0 aliphatic carbocycles. The van der Waals surface area contributed by atoms with Crippen molar-refractivity contribution in [2.24, 2.45) is 0 Å². The summed E-state index contributed by atoms with van der Waals surface area (Å²) in [5.41, 5.74) is 4.53. The van der Waals surface area contributed by atoms with Crippen LogP contribution >= 0.6 is 15.9 Å². The number of benzene rings is 3. The highest BCUT2D eigenvalue weighted by Gasteiger charge is 2.31. The molecule has 1 aliphatic rings. The van der Waals surface area contributed by atoms with E-state index in [1.807, 2.05) is 86.7 Å². The first-order valence-corrected chi connectivity index (χ1v) is 11.2. The number of halogens is 1. The molecule has 4 nitrogen and oxygen atoms in total. The maximum absolute atomic E-state index is 13.0. The van der Waals surface area contributed by atoms with Gasteiger partial charge < -0.3 is 14.4 Å². The van der Waals surface area contributed by atoms with E-state index < -0.39 is 0 Å². The largest absolute Gasteiger partial charge is 0.490 e. The van der Waals surface area contributed by atoms with Crippen LogP contribution in [0.4, 0.5) is 5.69 Å². The average molecular weight is 478 g/mol. The van der Waals surface area contributed by atoms with Crippen LogP contribution in [-0.4, -0.2) is 19.1 Å². The van der Waals surface area contributed by atoms with Gasteiger partial charge in [-0.15, -0.1) is 0 Å². The molecular formula is C26H24BrNO3. The molecule has 0 saturated carbocycles. The number of amides is 1. The van der Waals surface area contributed by atoms with Crippen molar-refractivity contribution in [3.8, 4) is 11.5 Å². The molecule has 31 heavy (non-hydrogen) atoms. The number of fused-ring (bicyclic) bond motifs is 1. The van der Waals surface area contributed by atoms with Crippen molar-refractivity contribution in [1.29, 1.82) is 0 Å². The number of hydrogen-bond acceptors (Lipinski definition) is 3.